The zero-order valence-electron chi connectivity index (χ0n) is 7.98. The maximum atomic E-state index is 9.28. The summed E-state index contributed by atoms with van der Waals surface area (Å²) in [6, 6.07) is 10.1. The molecule has 0 spiro atoms. The van der Waals surface area contributed by atoms with Crippen molar-refractivity contribution in [3.05, 3.63) is 42.0 Å². The van der Waals surface area contributed by atoms with Crippen LogP contribution in [0.5, 0.6) is 0 Å². The van der Waals surface area contributed by atoms with Crippen LogP contribution in [0.4, 0.5) is 0 Å². The van der Waals surface area contributed by atoms with Crippen molar-refractivity contribution >= 4 is 6.08 Å². The Morgan fingerprint density at radius 3 is 2.62 bits per heavy atom. The van der Waals surface area contributed by atoms with Crippen molar-refractivity contribution in [2.75, 3.05) is 0 Å². The Bertz CT molecular complexity index is 251. The molecule has 0 saturated heterocycles. The third kappa shape index (κ3) is 3.90. The summed E-state index contributed by atoms with van der Waals surface area (Å²) in [6.45, 7) is 1.99. The molecule has 0 unspecified atom stereocenters. The van der Waals surface area contributed by atoms with Gasteiger partial charge in [0.15, 0.2) is 0 Å². The van der Waals surface area contributed by atoms with Gasteiger partial charge in [0.05, 0.1) is 6.10 Å². The van der Waals surface area contributed by atoms with Gasteiger partial charge in [-0.15, -0.1) is 0 Å². The number of hydrogen-bond donors (Lipinski definition) is 1. The molecule has 0 aliphatic heterocycles. The molecule has 1 atom stereocenters. The summed E-state index contributed by atoms with van der Waals surface area (Å²) < 4.78 is 0. The number of rotatable bonds is 4. The van der Waals surface area contributed by atoms with E-state index in [1.807, 2.05) is 37.3 Å². The number of aliphatic hydroxyl groups excluding tert-OH is 1. The van der Waals surface area contributed by atoms with Crippen LogP contribution in [0.3, 0.4) is 0 Å². The van der Waals surface area contributed by atoms with Gasteiger partial charge in [-0.1, -0.05) is 49.4 Å². The molecule has 0 aliphatic rings. The van der Waals surface area contributed by atoms with E-state index in [4.69, 9.17) is 0 Å². The number of aliphatic hydroxyl groups is 1. The second kappa shape index (κ2) is 5.55. The molecule has 0 radical (unpaired) electrons. The molecule has 1 N–H and O–H groups in total. The fourth-order valence-corrected chi connectivity index (χ4v) is 1.09. The first-order chi connectivity index (χ1) is 6.33. The maximum absolute atomic E-state index is 9.28. The molecule has 0 bridgehead atoms. The molecule has 0 saturated carbocycles. The largest absolute Gasteiger partial charge is 0.393 e. The van der Waals surface area contributed by atoms with Crippen molar-refractivity contribution in [3.63, 3.8) is 0 Å². The Hall–Kier alpha value is -1.08. The van der Waals surface area contributed by atoms with Crippen LogP contribution in [-0.4, -0.2) is 11.2 Å². The quantitative estimate of drug-likeness (QED) is 0.748. The molecule has 0 fully saturated rings. The van der Waals surface area contributed by atoms with Crippen LogP contribution in [0.15, 0.2) is 36.4 Å². The molecule has 0 aliphatic carbocycles. The predicted octanol–water partition coefficient (Wildman–Crippen LogP) is 2.86. The fraction of sp³-hybridized carbons (Fsp3) is 0.333. The topological polar surface area (TPSA) is 20.2 Å². The van der Waals surface area contributed by atoms with E-state index >= 15 is 0 Å². The lowest BCUT2D eigenvalue weighted by Gasteiger charge is -2.01. The van der Waals surface area contributed by atoms with Gasteiger partial charge < -0.3 is 5.11 Å². The molecule has 1 rings (SSSR count). The van der Waals surface area contributed by atoms with E-state index in [0.717, 1.165) is 12.8 Å². The molecule has 0 heterocycles. The minimum absolute atomic E-state index is 0.194. The predicted molar refractivity (Wildman–Crippen MR) is 56.4 cm³/mol. The summed E-state index contributed by atoms with van der Waals surface area (Å²) in [5.74, 6) is 0. The van der Waals surface area contributed by atoms with Crippen LogP contribution in [0.2, 0.25) is 0 Å². The van der Waals surface area contributed by atoms with Crippen LogP contribution in [0, 0.1) is 0 Å². The molecule has 0 amide bonds. The highest BCUT2D eigenvalue weighted by molar-refractivity contribution is 5.48. The van der Waals surface area contributed by atoms with E-state index in [0.29, 0.717) is 0 Å². The van der Waals surface area contributed by atoms with Gasteiger partial charge in [-0.25, -0.2) is 0 Å². The van der Waals surface area contributed by atoms with Crippen molar-refractivity contribution in [1.29, 1.82) is 0 Å². The Morgan fingerprint density at radius 1 is 1.31 bits per heavy atom. The zero-order valence-corrected chi connectivity index (χ0v) is 7.98. The molecule has 1 aromatic carbocycles. The van der Waals surface area contributed by atoms with Crippen molar-refractivity contribution in [2.24, 2.45) is 0 Å². The Kier molecular flexibility index (Phi) is 4.27. The minimum Gasteiger partial charge on any atom is -0.393 e. The third-order valence-electron chi connectivity index (χ3n) is 1.99. The molecular formula is C12H16O. The zero-order chi connectivity index (χ0) is 9.52. The summed E-state index contributed by atoms with van der Waals surface area (Å²) in [6.07, 6.45) is 5.42. The smallest absolute Gasteiger partial charge is 0.0572 e. The Labute approximate surface area is 79.7 Å². The van der Waals surface area contributed by atoms with E-state index in [2.05, 4.69) is 12.1 Å². The van der Waals surface area contributed by atoms with Gasteiger partial charge in [0.25, 0.3) is 0 Å². The van der Waals surface area contributed by atoms with E-state index in [1.54, 1.807) is 0 Å². The first-order valence-corrected chi connectivity index (χ1v) is 4.72. The average molecular weight is 176 g/mol. The lowest BCUT2D eigenvalue weighted by Crippen LogP contribution is -2.00. The summed E-state index contributed by atoms with van der Waals surface area (Å²) in [5.41, 5.74) is 1.19. The first kappa shape index (κ1) is 10.0. The van der Waals surface area contributed by atoms with E-state index < -0.39 is 0 Å². The van der Waals surface area contributed by atoms with Gasteiger partial charge in [-0.2, -0.15) is 0 Å². The average Bonchev–Trinajstić information content (AvgIpc) is 2.19. The van der Waals surface area contributed by atoms with Crippen LogP contribution >= 0.6 is 0 Å². The van der Waals surface area contributed by atoms with Crippen molar-refractivity contribution in [1.82, 2.24) is 0 Å². The molecule has 1 aromatic rings. The number of hydrogen-bond acceptors (Lipinski definition) is 1. The van der Waals surface area contributed by atoms with E-state index in [-0.39, 0.29) is 6.10 Å². The monoisotopic (exact) mass is 176 g/mol. The van der Waals surface area contributed by atoms with Gasteiger partial charge in [0.2, 0.25) is 0 Å². The van der Waals surface area contributed by atoms with Crippen LogP contribution in [0.1, 0.15) is 25.3 Å². The number of benzene rings is 1. The first-order valence-electron chi connectivity index (χ1n) is 4.72. The minimum atomic E-state index is -0.194. The lowest BCUT2D eigenvalue weighted by atomic mass is 10.1. The summed E-state index contributed by atoms with van der Waals surface area (Å²) >= 11 is 0. The van der Waals surface area contributed by atoms with Crippen molar-refractivity contribution in [2.45, 2.75) is 25.9 Å². The molecule has 1 nitrogen and oxygen atoms in total. The van der Waals surface area contributed by atoms with E-state index in [1.165, 1.54) is 5.56 Å². The second-order valence-electron chi connectivity index (χ2n) is 3.11. The van der Waals surface area contributed by atoms with Gasteiger partial charge >= 0.3 is 0 Å². The summed E-state index contributed by atoms with van der Waals surface area (Å²) in [5, 5.41) is 9.28. The lowest BCUT2D eigenvalue weighted by molar-refractivity contribution is 0.174. The molecular weight excluding hydrogens is 160 g/mol. The normalized spacial score (nSPS) is 13.4. The van der Waals surface area contributed by atoms with Crippen LogP contribution < -0.4 is 0 Å². The highest BCUT2D eigenvalue weighted by Crippen LogP contribution is 2.04. The molecule has 70 valence electrons. The van der Waals surface area contributed by atoms with Crippen LogP contribution in [0.25, 0.3) is 6.08 Å². The standard InChI is InChI=1S/C12H16O/c1-2-12(13)10-6-9-11-7-4-3-5-8-11/h3-9,12-13H,2,10H2,1H3/b9-6+/t12-/m1/s1. The summed E-state index contributed by atoms with van der Waals surface area (Å²) in [4.78, 5) is 0. The van der Waals surface area contributed by atoms with Crippen molar-refractivity contribution in [3.8, 4) is 0 Å². The molecule has 1 heteroatoms. The molecule has 13 heavy (non-hydrogen) atoms. The fourth-order valence-electron chi connectivity index (χ4n) is 1.09. The molecule has 0 aromatic heterocycles. The highest BCUT2D eigenvalue weighted by atomic mass is 16.3. The SMILES string of the molecule is CC[C@@H](O)C/C=C/c1ccccc1. The van der Waals surface area contributed by atoms with Gasteiger partial charge in [0.1, 0.15) is 0 Å². The van der Waals surface area contributed by atoms with Crippen LogP contribution in [-0.2, 0) is 0 Å². The van der Waals surface area contributed by atoms with Gasteiger partial charge in [-0.3, -0.25) is 0 Å². The van der Waals surface area contributed by atoms with Crippen molar-refractivity contribution < 1.29 is 5.11 Å². The van der Waals surface area contributed by atoms with Gasteiger partial charge in [-0.05, 0) is 18.4 Å². The maximum Gasteiger partial charge on any atom is 0.0572 e. The second-order valence-corrected chi connectivity index (χ2v) is 3.11. The van der Waals surface area contributed by atoms with Gasteiger partial charge in [0, 0.05) is 0 Å². The Morgan fingerprint density at radius 2 is 2.00 bits per heavy atom. The Balaban J connectivity index is 2.41. The highest BCUT2D eigenvalue weighted by Gasteiger charge is 1.94. The van der Waals surface area contributed by atoms with E-state index in [9.17, 15) is 5.11 Å². The summed E-state index contributed by atoms with van der Waals surface area (Å²) in [7, 11) is 0. The third-order valence-corrected chi connectivity index (χ3v) is 1.99.